The highest BCUT2D eigenvalue weighted by Crippen LogP contribution is 2.65. The first kappa shape index (κ1) is 14.2. The third kappa shape index (κ3) is 3.40. The third-order valence-electron chi connectivity index (χ3n) is 2.71. The molecule has 1 aliphatic heterocycles. The second kappa shape index (κ2) is 5.40. The third-order valence-corrected chi connectivity index (χ3v) is 6.07. The van der Waals surface area contributed by atoms with Crippen LogP contribution in [0.5, 0.6) is 0 Å². The molecule has 0 amide bonds. The minimum atomic E-state index is -3.09. The van der Waals surface area contributed by atoms with Crippen LogP contribution >= 0.6 is 23.9 Å². The van der Waals surface area contributed by atoms with Gasteiger partial charge in [-0.2, -0.15) is 4.52 Å². The minimum Gasteiger partial charge on any atom is -0.627 e. The van der Waals surface area contributed by atoms with Gasteiger partial charge in [-0.3, -0.25) is 0 Å². The number of halogens is 1. The van der Waals surface area contributed by atoms with Gasteiger partial charge < -0.3 is 4.89 Å². The fourth-order valence-electron chi connectivity index (χ4n) is 1.68. The van der Waals surface area contributed by atoms with Crippen molar-refractivity contribution in [2.75, 3.05) is 6.61 Å². The van der Waals surface area contributed by atoms with E-state index in [1.165, 1.54) is 0 Å². The van der Waals surface area contributed by atoms with Gasteiger partial charge in [0.05, 0.1) is 11.1 Å². The highest BCUT2D eigenvalue weighted by atomic mass is 79.9. The van der Waals surface area contributed by atoms with Gasteiger partial charge in [0.2, 0.25) is 0 Å². The van der Waals surface area contributed by atoms with Gasteiger partial charge in [-0.15, -0.1) is 0 Å². The van der Waals surface area contributed by atoms with Gasteiger partial charge in [0.1, 0.15) is 11.4 Å². The minimum absolute atomic E-state index is 0.383. The van der Waals surface area contributed by atoms with E-state index >= 15 is 0 Å². The number of benzene rings is 1. The van der Waals surface area contributed by atoms with Gasteiger partial charge in [-0.1, -0.05) is 30.3 Å². The predicted molar refractivity (Wildman–Crippen MR) is 75.2 cm³/mol. The highest BCUT2D eigenvalue weighted by Gasteiger charge is 2.46. The van der Waals surface area contributed by atoms with Crippen LogP contribution < -0.4 is 4.89 Å². The molecule has 5 heteroatoms. The maximum absolute atomic E-state index is 12.3. The summed E-state index contributed by atoms with van der Waals surface area (Å²) in [4.78, 5) is 12.3. The average Bonchev–Trinajstić information content (AvgIpc) is 2.49. The summed E-state index contributed by atoms with van der Waals surface area (Å²) in [6, 6.07) is 9.95. The Labute approximate surface area is 117 Å². The number of rotatable bonds is 4. The standard InChI is InChI=1S/C13H16BrO3P/c1-13(2)12(14)10-18(15,17-13)16-9-8-11-6-4-3-5-7-11/h3-7,10H,8-9H2,1-2H3. The van der Waals surface area contributed by atoms with Crippen LogP contribution in [-0.4, -0.2) is 12.2 Å². The van der Waals surface area contributed by atoms with Crippen LogP contribution in [0.1, 0.15) is 19.4 Å². The van der Waals surface area contributed by atoms with E-state index in [4.69, 9.17) is 9.05 Å². The molecule has 0 bridgehead atoms. The summed E-state index contributed by atoms with van der Waals surface area (Å²) in [5, 5.41) is 0. The summed E-state index contributed by atoms with van der Waals surface area (Å²) in [6.07, 6.45) is 0.722. The van der Waals surface area contributed by atoms with E-state index in [0.29, 0.717) is 6.61 Å². The van der Waals surface area contributed by atoms with E-state index in [0.717, 1.165) is 16.5 Å². The van der Waals surface area contributed by atoms with Crippen molar-refractivity contribution >= 4 is 23.9 Å². The molecule has 1 aliphatic rings. The fraction of sp³-hybridized carbons (Fsp3) is 0.385. The molecule has 0 radical (unpaired) electrons. The Morgan fingerprint density at radius 2 is 2.00 bits per heavy atom. The Bertz CT molecular complexity index is 447. The van der Waals surface area contributed by atoms with Crippen LogP contribution in [0, 0.1) is 0 Å². The van der Waals surface area contributed by atoms with E-state index in [-0.39, 0.29) is 0 Å². The van der Waals surface area contributed by atoms with Crippen LogP contribution in [0.2, 0.25) is 0 Å². The number of hydrogen-bond donors (Lipinski definition) is 0. The number of hydrogen-bond acceptors (Lipinski definition) is 3. The maximum Gasteiger partial charge on any atom is 0.266 e. The second-order valence-electron chi connectivity index (χ2n) is 4.69. The molecule has 0 fully saturated rings. The first-order valence-electron chi connectivity index (χ1n) is 5.79. The lowest BCUT2D eigenvalue weighted by atomic mass is 10.1. The molecule has 1 heterocycles. The van der Waals surface area contributed by atoms with Gasteiger partial charge in [0.15, 0.2) is 0 Å². The summed E-state index contributed by atoms with van der Waals surface area (Å²) in [7, 11) is -3.09. The van der Waals surface area contributed by atoms with Gasteiger partial charge in [0.25, 0.3) is 7.94 Å². The molecule has 98 valence electrons. The smallest absolute Gasteiger partial charge is 0.266 e. The van der Waals surface area contributed by atoms with Crippen LogP contribution in [-0.2, 0) is 15.5 Å². The topological polar surface area (TPSA) is 41.5 Å². The summed E-state index contributed by atoms with van der Waals surface area (Å²) < 4.78 is 11.7. The monoisotopic (exact) mass is 330 g/mol. The lowest BCUT2D eigenvalue weighted by molar-refractivity contribution is -0.218. The van der Waals surface area contributed by atoms with Crippen molar-refractivity contribution in [3.8, 4) is 0 Å². The van der Waals surface area contributed by atoms with Crippen LogP contribution in [0.15, 0.2) is 40.6 Å². The molecular formula is C13H16BrO3P. The SMILES string of the molecule is CC1(C)O[P+]([O-])(OCCc2ccccc2)C=C1Br. The average molecular weight is 331 g/mol. The van der Waals surface area contributed by atoms with Gasteiger partial charge in [-0.25, -0.2) is 4.52 Å². The van der Waals surface area contributed by atoms with Crippen molar-refractivity contribution < 1.29 is 13.9 Å². The fourth-order valence-corrected chi connectivity index (χ4v) is 4.49. The molecule has 0 spiro atoms. The zero-order valence-corrected chi connectivity index (χ0v) is 12.9. The van der Waals surface area contributed by atoms with Crippen LogP contribution in [0.4, 0.5) is 0 Å². The molecule has 0 saturated heterocycles. The van der Waals surface area contributed by atoms with Gasteiger partial charge in [0, 0.05) is 6.42 Å². The van der Waals surface area contributed by atoms with Crippen LogP contribution in [0.25, 0.3) is 0 Å². The molecule has 1 aromatic rings. The normalized spacial score (nSPS) is 26.1. The quantitative estimate of drug-likeness (QED) is 0.794. The molecule has 1 unspecified atom stereocenters. The first-order valence-corrected chi connectivity index (χ1v) is 8.20. The molecule has 18 heavy (non-hydrogen) atoms. The predicted octanol–water partition coefficient (Wildman–Crippen LogP) is 3.41. The van der Waals surface area contributed by atoms with Gasteiger partial charge in [-0.05, 0) is 35.3 Å². The molecule has 1 atom stereocenters. The second-order valence-corrected chi connectivity index (χ2v) is 7.32. The van der Waals surface area contributed by atoms with Crippen molar-refractivity contribution in [3.63, 3.8) is 0 Å². The molecular weight excluding hydrogens is 315 g/mol. The lowest BCUT2D eigenvalue weighted by Crippen LogP contribution is -2.23. The summed E-state index contributed by atoms with van der Waals surface area (Å²) in [5.41, 5.74) is 0.591. The Morgan fingerprint density at radius 1 is 1.33 bits per heavy atom. The molecule has 0 N–H and O–H groups in total. The van der Waals surface area contributed by atoms with Crippen molar-refractivity contribution in [2.45, 2.75) is 25.9 Å². The highest BCUT2D eigenvalue weighted by molar-refractivity contribution is 9.11. The zero-order valence-electron chi connectivity index (χ0n) is 10.4. The molecule has 0 aromatic heterocycles. The van der Waals surface area contributed by atoms with E-state index in [1.807, 2.05) is 44.2 Å². The van der Waals surface area contributed by atoms with Crippen molar-refractivity contribution in [3.05, 3.63) is 46.2 Å². The summed E-state index contributed by atoms with van der Waals surface area (Å²) in [6.45, 7) is 4.09. The van der Waals surface area contributed by atoms with Crippen molar-refractivity contribution in [1.82, 2.24) is 0 Å². The molecule has 0 saturated carbocycles. The Balaban J connectivity index is 1.88. The van der Waals surface area contributed by atoms with Crippen molar-refractivity contribution in [2.24, 2.45) is 0 Å². The Kier molecular flexibility index (Phi) is 4.25. The zero-order chi connectivity index (χ0) is 13.2. The maximum atomic E-state index is 12.3. The van der Waals surface area contributed by atoms with Crippen molar-refractivity contribution in [1.29, 1.82) is 0 Å². The molecule has 1 aromatic carbocycles. The Morgan fingerprint density at radius 3 is 2.56 bits per heavy atom. The first-order chi connectivity index (χ1) is 8.41. The lowest BCUT2D eigenvalue weighted by Gasteiger charge is -2.24. The summed E-state index contributed by atoms with van der Waals surface area (Å²) in [5.74, 6) is 1.55. The largest absolute Gasteiger partial charge is 0.627 e. The van der Waals surface area contributed by atoms with E-state index in [9.17, 15) is 4.89 Å². The van der Waals surface area contributed by atoms with E-state index in [2.05, 4.69) is 15.9 Å². The molecule has 3 nitrogen and oxygen atoms in total. The van der Waals surface area contributed by atoms with E-state index < -0.39 is 13.5 Å². The molecule has 0 aliphatic carbocycles. The van der Waals surface area contributed by atoms with E-state index in [1.54, 1.807) is 5.82 Å². The Hall–Kier alpha value is -0.250. The summed E-state index contributed by atoms with van der Waals surface area (Å²) >= 11 is 3.36. The van der Waals surface area contributed by atoms with Gasteiger partial charge >= 0.3 is 0 Å². The molecule has 2 rings (SSSR count). The van der Waals surface area contributed by atoms with Crippen LogP contribution in [0.3, 0.4) is 0 Å².